The first-order chi connectivity index (χ1) is 8.95. The van der Waals surface area contributed by atoms with Crippen LogP contribution >= 0.6 is 0 Å². The van der Waals surface area contributed by atoms with E-state index in [-0.39, 0.29) is 12.0 Å². The highest BCUT2D eigenvalue weighted by molar-refractivity contribution is 7.89. The minimum absolute atomic E-state index is 0.00919. The molecule has 0 aromatic heterocycles. The average Bonchev–Trinajstić information content (AvgIpc) is 2.96. The standard InChI is InChI=1S/C12H21NO5S/c1-18-12(15)8-19(16,17)13-7-3-5-10(13)9-4-2-6-11(9)14/h9-11,14H,2-8H2,1H3. The van der Waals surface area contributed by atoms with Gasteiger partial charge >= 0.3 is 5.97 Å². The van der Waals surface area contributed by atoms with Gasteiger partial charge in [-0.3, -0.25) is 4.79 Å². The van der Waals surface area contributed by atoms with Gasteiger partial charge in [0.25, 0.3) is 0 Å². The van der Waals surface area contributed by atoms with Gasteiger partial charge in [-0.15, -0.1) is 0 Å². The Bertz CT molecular complexity index is 435. The van der Waals surface area contributed by atoms with E-state index in [4.69, 9.17) is 0 Å². The molecule has 6 nitrogen and oxygen atoms in total. The fourth-order valence-corrected chi connectivity index (χ4v) is 4.91. The summed E-state index contributed by atoms with van der Waals surface area (Å²) < 4.78 is 30.3. The summed E-state index contributed by atoms with van der Waals surface area (Å²) in [6, 6.07) is -0.160. The van der Waals surface area contributed by atoms with Crippen molar-refractivity contribution < 1.29 is 23.1 Å². The summed E-state index contributed by atoms with van der Waals surface area (Å²) in [6.45, 7) is 0.438. The van der Waals surface area contributed by atoms with Crippen LogP contribution in [0.4, 0.5) is 0 Å². The summed E-state index contributed by atoms with van der Waals surface area (Å²) in [5.41, 5.74) is 0. The lowest BCUT2D eigenvalue weighted by atomic mass is 9.95. The fraction of sp³-hybridized carbons (Fsp3) is 0.917. The predicted octanol–water partition coefficient (Wildman–Crippen LogP) is 0.115. The van der Waals surface area contributed by atoms with Crippen LogP contribution in [0, 0.1) is 5.92 Å². The number of esters is 1. The number of methoxy groups -OCH3 is 1. The molecule has 0 aromatic carbocycles. The normalized spacial score (nSPS) is 32.6. The number of sulfonamides is 1. The van der Waals surface area contributed by atoms with E-state index >= 15 is 0 Å². The molecule has 1 heterocycles. The van der Waals surface area contributed by atoms with Crippen LogP contribution in [0.3, 0.4) is 0 Å². The minimum atomic E-state index is -3.63. The van der Waals surface area contributed by atoms with Gasteiger partial charge in [0.05, 0.1) is 13.2 Å². The number of aliphatic hydroxyl groups excluding tert-OH is 1. The molecule has 19 heavy (non-hydrogen) atoms. The van der Waals surface area contributed by atoms with E-state index in [1.54, 1.807) is 0 Å². The molecule has 0 spiro atoms. The van der Waals surface area contributed by atoms with Gasteiger partial charge in [-0.05, 0) is 25.7 Å². The molecule has 3 atom stereocenters. The molecule has 1 saturated carbocycles. The zero-order valence-corrected chi connectivity index (χ0v) is 11.9. The summed E-state index contributed by atoms with van der Waals surface area (Å²) in [5, 5.41) is 9.95. The van der Waals surface area contributed by atoms with Crippen LogP contribution < -0.4 is 0 Å². The van der Waals surface area contributed by atoms with Crippen LogP contribution in [-0.2, 0) is 19.6 Å². The Morgan fingerprint density at radius 2 is 2.05 bits per heavy atom. The van der Waals surface area contributed by atoms with Gasteiger partial charge in [-0.25, -0.2) is 8.42 Å². The quantitative estimate of drug-likeness (QED) is 0.744. The summed E-state index contributed by atoms with van der Waals surface area (Å²) in [7, 11) is -2.45. The van der Waals surface area contributed by atoms with Crippen LogP contribution in [0.5, 0.6) is 0 Å². The van der Waals surface area contributed by atoms with Crippen molar-refractivity contribution >= 4 is 16.0 Å². The third kappa shape index (κ3) is 3.09. The van der Waals surface area contributed by atoms with Crippen molar-refractivity contribution in [2.75, 3.05) is 19.4 Å². The van der Waals surface area contributed by atoms with Crippen molar-refractivity contribution in [1.82, 2.24) is 4.31 Å². The Hall–Kier alpha value is -0.660. The van der Waals surface area contributed by atoms with E-state index in [0.717, 1.165) is 32.1 Å². The number of carbonyl (C=O) groups is 1. The van der Waals surface area contributed by atoms with Crippen LogP contribution in [0.1, 0.15) is 32.1 Å². The first kappa shape index (κ1) is 14.7. The monoisotopic (exact) mass is 291 g/mol. The van der Waals surface area contributed by atoms with E-state index in [1.165, 1.54) is 11.4 Å². The average molecular weight is 291 g/mol. The second kappa shape index (κ2) is 5.76. The maximum Gasteiger partial charge on any atom is 0.322 e. The third-order valence-corrected chi connectivity index (χ3v) is 5.93. The summed E-state index contributed by atoms with van der Waals surface area (Å²) in [5.74, 6) is -1.34. The molecule has 1 N–H and O–H groups in total. The second-order valence-electron chi connectivity index (χ2n) is 5.31. The molecule has 3 unspecified atom stereocenters. The second-order valence-corrected chi connectivity index (χ2v) is 7.24. The maximum absolute atomic E-state index is 12.2. The lowest BCUT2D eigenvalue weighted by Crippen LogP contribution is -2.44. The van der Waals surface area contributed by atoms with Crippen molar-refractivity contribution in [3.05, 3.63) is 0 Å². The van der Waals surface area contributed by atoms with E-state index in [1.807, 2.05) is 0 Å². The van der Waals surface area contributed by atoms with Gasteiger partial charge in [0.15, 0.2) is 5.75 Å². The largest absolute Gasteiger partial charge is 0.468 e. The molecule has 1 aliphatic heterocycles. The van der Waals surface area contributed by atoms with Gasteiger partial charge in [-0.2, -0.15) is 4.31 Å². The van der Waals surface area contributed by atoms with Gasteiger partial charge in [0.2, 0.25) is 10.0 Å². The third-order valence-electron chi connectivity index (χ3n) is 4.16. The zero-order valence-electron chi connectivity index (χ0n) is 11.1. The van der Waals surface area contributed by atoms with E-state index < -0.39 is 27.8 Å². The van der Waals surface area contributed by atoms with E-state index in [0.29, 0.717) is 6.54 Å². The molecule has 110 valence electrons. The van der Waals surface area contributed by atoms with Crippen molar-refractivity contribution in [2.45, 2.75) is 44.2 Å². The molecular formula is C12H21NO5S. The molecule has 2 rings (SSSR count). The van der Waals surface area contributed by atoms with Gasteiger partial charge in [0, 0.05) is 18.5 Å². The molecule has 1 saturated heterocycles. The highest BCUT2D eigenvalue weighted by Gasteiger charge is 2.43. The minimum Gasteiger partial charge on any atom is -0.468 e. The summed E-state index contributed by atoms with van der Waals surface area (Å²) in [4.78, 5) is 11.2. The highest BCUT2D eigenvalue weighted by atomic mass is 32.2. The molecular weight excluding hydrogens is 270 g/mol. The zero-order chi connectivity index (χ0) is 14.0. The number of nitrogens with zero attached hydrogens (tertiary/aromatic N) is 1. The van der Waals surface area contributed by atoms with Crippen molar-refractivity contribution in [3.63, 3.8) is 0 Å². The first-order valence-corrected chi connectivity index (χ1v) is 8.31. The number of hydrogen-bond acceptors (Lipinski definition) is 5. The van der Waals surface area contributed by atoms with E-state index in [9.17, 15) is 18.3 Å². The van der Waals surface area contributed by atoms with Gasteiger partial charge in [-0.1, -0.05) is 6.42 Å². The topological polar surface area (TPSA) is 83.9 Å². The number of rotatable bonds is 4. The summed E-state index contributed by atoms with van der Waals surface area (Å²) >= 11 is 0. The lowest BCUT2D eigenvalue weighted by molar-refractivity contribution is -0.137. The van der Waals surface area contributed by atoms with Crippen LogP contribution in [-0.4, -0.2) is 55.4 Å². The number of ether oxygens (including phenoxy) is 1. The number of carbonyl (C=O) groups excluding carboxylic acids is 1. The number of aliphatic hydroxyl groups is 1. The van der Waals surface area contributed by atoms with Crippen molar-refractivity contribution in [1.29, 1.82) is 0 Å². The molecule has 2 aliphatic rings. The van der Waals surface area contributed by atoms with E-state index in [2.05, 4.69) is 4.74 Å². The van der Waals surface area contributed by atoms with Gasteiger partial charge < -0.3 is 9.84 Å². The maximum atomic E-state index is 12.2. The molecule has 2 fully saturated rings. The number of hydrogen-bond donors (Lipinski definition) is 1. The van der Waals surface area contributed by atoms with Gasteiger partial charge in [0.1, 0.15) is 0 Å². The van der Waals surface area contributed by atoms with Crippen molar-refractivity contribution in [2.24, 2.45) is 5.92 Å². The molecule has 0 bridgehead atoms. The smallest absolute Gasteiger partial charge is 0.322 e. The molecule has 0 amide bonds. The Balaban J connectivity index is 2.12. The Kier molecular flexibility index (Phi) is 4.47. The molecule has 0 radical (unpaired) electrons. The Morgan fingerprint density at radius 1 is 1.32 bits per heavy atom. The summed E-state index contributed by atoms with van der Waals surface area (Å²) in [6.07, 6.45) is 3.67. The first-order valence-electron chi connectivity index (χ1n) is 6.70. The Labute approximate surface area is 113 Å². The lowest BCUT2D eigenvalue weighted by Gasteiger charge is -2.30. The van der Waals surface area contributed by atoms with Crippen LogP contribution in [0.25, 0.3) is 0 Å². The molecule has 0 aromatic rings. The fourth-order valence-electron chi connectivity index (χ4n) is 3.25. The SMILES string of the molecule is COC(=O)CS(=O)(=O)N1CCCC1C1CCCC1O. The Morgan fingerprint density at radius 3 is 2.63 bits per heavy atom. The van der Waals surface area contributed by atoms with Crippen molar-refractivity contribution in [3.8, 4) is 0 Å². The molecule has 7 heteroatoms. The highest BCUT2D eigenvalue weighted by Crippen LogP contribution is 2.37. The predicted molar refractivity (Wildman–Crippen MR) is 68.9 cm³/mol. The molecule has 1 aliphatic carbocycles. The van der Waals surface area contributed by atoms with Crippen LogP contribution in [0.15, 0.2) is 0 Å². The van der Waals surface area contributed by atoms with Crippen LogP contribution in [0.2, 0.25) is 0 Å².